The number of likely N-dealkylation sites (N-methyl/N-ethyl adjacent to an activating group) is 1. The Morgan fingerprint density at radius 1 is 1.35 bits per heavy atom. The maximum absolute atomic E-state index is 12.3. The Labute approximate surface area is 129 Å². The van der Waals surface area contributed by atoms with E-state index >= 15 is 0 Å². The van der Waals surface area contributed by atoms with Crippen molar-refractivity contribution in [3.8, 4) is 0 Å². The lowest BCUT2D eigenvalue weighted by Crippen LogP contribution is -2.51. The number of carbonyl (C=O) groups excluding carboxylic acids is 1. The van der Waals surface area contributed by atoms with Gasteiger partial charge in [-0.05, 0) is 32.9 Å². The molecule has 1 heterocycles. The molecule has 1 aliphatic rings. The van der Waals surface area contributed by atoms with Crippen molar-refractivity contribution in [2.45, 2.75) is 39.9 Å². The van der Waals surface area contributed by atoms with Crippen LogP contribution in [0.4, 0.5) is 0 Å². The summed E-state index contributed by atoms with van der Waals surface area (Å²) in [5.41, 5.74) is 5.77. The van der Waals surface area contributed by atoms with Crippen molar-refractivity contribution in [2.75, 3.05) is 39.8 Å². The van der Waals surface area contributed by atoms with Gasteiger partial charge in [-0.15, -0.1) is 12.4 Å². The first-order chi connectivity index (χ1) is 8.73. The predicted molar refractivity (Wildman–Crippen MR) is 84.2 cm³/mol. The highest BCUT2D eigenvalue weighted by atomic mass is 35.5. The third-order valence-electron chi connectivity index (χ3n) is 3.43. The predicted octanol–water partition coefficient (Wildman–Crippen LogP) is 0.961. The first kappa shape index (κ1) is 19.6. The second-order valence-electron chi connectivity index (χ2n) is 6.60. The quantitative estimate of drug-likeness (QED) is 0.822. The van der Waals surface area contributed by atoms with E-state index in [-0.39, 0.29) is 35.9 Å². The Balaban J connectivity index is 0.00000361. The van der Waals surface area contributed by atoms with Gasteiger partial charge in [0.2, 0.25) is 5.91 Å². The molecule has 5 nitrogen and oxygen atoms in total. The van der Waals surface area contributed by atoms with Gasteiger partial charge in [-0.2, -0.15) is 0 Å². The summed E-state index contributed by atoms with van der Waals surface area (Å²) >= 11 is 0. The standard InChI is InChI=1S/C14H29N3O2.ClH/c1-11-6-17(7-12(2)19-11)13(18)8-16(5)10-14(3,4)9-15;/h11-12H,6-10,15H2,1-5H3;1H. The summed E-state index contributed by atoms with van der Waals surface area (Å²) in [6.45, 7) is 11.5. The maximum atomic E-state index is 12.3. The third kappa shape index (κ3) is 6.39. The number of amides is 1. The molecule has 0 aliphatic carbocycles. The Hall–Kier alpha value is -0.360. The molecule has 2 unspecified atom stereocenters. The molecule has 0 radical (unpaired) electrons. The van der Waals surface area contributed by atoms with Gasteiger partial charge in [0.15, 0.2) is 0 Å². The van der Waals surface area contributed by atoms with E-state index in [1.807, 2.05) is 25.8 Å². The fourth-order valence-corrected chi connectivity index (χ4v) is 2.56. The third-order valence-corrected chi connectivity index (χ3v) is 3.43. The van der Waals surface area contributed by atoms with Crippen LogP contribution in [0.1, 0.15) is 27.7 Å². The smallest absolute Gasteiger partial charge is 0.236 e. The molecule has 0 aromatic rings. The topological polar surface area (TPSA) is 58.8 Å². The molecule has 120 valence electrons. The van der Waals surface area contributed by atoms with Crippen LogP contribution >= 0.6 is 12.4 Å². The number of nitrogens with zero attached hydrogens (tertiary/aromatic N) is 2. The van der Waals surface area contributed by atoms with Gasteiger partial charge in [-0.25, -0.2) is 0 Å². The number of carbonyl (C=O) groups is 1. The van der Waals surface area contributed by atoms with Gasteiger partial charge >= 0.3 is 0 Å². The van der Waals surface area contributed by atoms with Crippen LogP contribution in [0.15, 0.2) is 0 Å². The van der Waals surface area contributed by atoms with Crippen molar-refractivity contribution in [2.24, 2.45) is 11.1 Å². The van der Waals surface area contributed by atoms with E-state index in [0.29, 0.717) is 26.2 Å². The van der Waals surface area contributed by atoms with E-state index in [4.69, 9.17) is 10.5 Å². The molecule has 0 saturated carbocycles. The Bertz CT molecular complexity index is 303. The van der Waals surface area contributed by atoms with E-state index in [1.54, 1.807) is 0 Å². The summed E-state index contributed by atoms with van der Waals surface area (Å²) in [7, 11) is 1.97. The lowest BCUT2D eigenvalue weighted by Gasteiger charge is -2.37. The van der Waals surface area contributed by atoms with Crippen molar-refractivity contribution in [1.82, 2.24) is 9.80 Å². The van der Waals surface area contributed by atoms with Gasteiger partial charge in [-0.1, -0.05) is 13.8 Å². The molecule has 1 rings (SSSR count). The zero-order valence-electron chi connectivity index (χ0n) is 13.4. The van der Waals surface area contributed by atoms with Crippen molar-refractivity contribution >= 4 is 18.3 Å². The molecule has 1 amide bonds. The molecule has 0 aromatic heterocycles. The molecule has 2 atom stereocenters. The lowest BCUT2D eigenvalue weighted by atomic mass is 9.93. The summed E-state index contributed by atoms with van der Waals surface area (Å²) in [5.74, 6) is 0.178. The molecule has 20 heavy (non-hydrogen) atoms. The van der Waals surface area contributed by atoms with Crippen LogP contribution in [-0.2, 0) is 9.53 Å². The Kier molecular flexibility index (Phi) is 8.03. The monoisotopic (exact) mass is 307 g/mol. The van der Waals surface area contributed by atoms with Crippen molar-refractivity contribution in [3.05, 3.63) is 0 Å². The highest BCUT2D eigenvalue weighted by Crippen LogP contribution is 2.15. The van der Waals surface area contributed by atoms with E-state index < -0.39 is 0 Å². The first-order valence-corrected chi connectivity index (χ1v) is 7.05. The molecule has 1 aliphatic heterocycles. The van der Waals surface area contributed by atoms with Gasteiger partial charge in [-0.3, -0.25) is 9.69 Å². The SMILES string of the molecule is CC1CN(C(=O)CN(C)CC(C)(C)CN)CC(C)O1.Cl. The minimum Gasteiger partial charge on any atom is -0.372 e. The van der Waals surface area contributed by atoms with Gasteiger partial charge < -0.3 is 15.4 Å². The number of nitrogens with two attached hydrogens (primary N) is 1. The zero-order chi connectivity index (χ0) is 14.6. The summed E-state index contributed by atoms with van der Waals surface area (Å²) in [6.07, 6.45) is 0.247. The molecule has 1 fully saturated rings. The second-order valence-corrected chi connectivity index (χ2v) is 6.60. The number of hydrogen-bond donors (Lipinski definition) is 1. The highest BCUT2D eigenvalue weighted by molar-refractivity contribution is 5.85. The molecule has 0 bridgehead atoms. The van der Waals surface area contributed by atoms with Crippen LogP contribution in [0.2, 0.25) is 0 Å². The largest absolute Gasteiger partial charge is 0.372 e. The Morgan fingerprint density at radius 3 is 2.30 bits per heavy atom. The highest BCUT2D eigenvalue weighted by Gasteiger charge is 2.27. The number of ether oxygens (including phenoxy) is 1. The van der Waals surface area contributed by atoms with Crippen LogP contribution in [0, 0.1) is 5.41 Å². The molecular formula is C14H30ClN3O2. The summed E-state index contributed by atoms with van der Waals surface area (Å²) in [4.78, 5) is 16.2. The fraction of sp³-hybridized carbons (Fsp3) is 0.929. The first-order valence-electron chi connectivity index (χ1n) is 7.05. The maximum Gasteiger partial charge on any atom is 0.236 e. The molecule has 0 aromatic carbocycles. The number of hydrogen-bond acceptors (Lipinski definition) is 4. The molecule has 6 heteroatoms. The number of rotatable bonds is 5. The van der Waals surface area contributed by atoms with Gasteiger partial charge in [0.1, 0.15) is 0 Å². The van der Waals surface area contributed by atoms with Crippen LogP contribution in [0.5, 0.6) is 0 Å². The Morgan fingerprint density at radius 2 is 1.85 bits per heavy atom. The van der Waals surface area contributed by atoms with Crippen LogP contribution in [0.25, 0.3) is 0 Å². The van der Waals surface area contributed by atoms with Crippen LogP contribution < -0.4 is 5.73 Å². The van der Waals surface area contributed by atoms with Gasteiger partial charge in [0.05, 0.1) is 18.8 Å². The molecule has 1 saturated heterocycles. The van der Waals surface area contributed by atoms with Crippen molar-refractivity contribution in [3.63, 3.8) is 0 Å². The second kappa shape index (κ2) is 8.17. The lowest BCUT2D eigenvalue weighted by molar-refractivity contribution is -0.144. The average molecular weight is 308 g/mol. The average Bonchev–Trinajstić information content (AvgIpc) is 2.26. The molecule has 0 spiro atoms. The van der Waals surface area contributed by atoms with Gasteiger partial charge in [0, 0.05) is 19.6 Å². The van der Waals surface area contributed by atoms with Crippen LogP contribution in [0.3, 0.4) is 0 Å². The van der Waals surface area contributed by atoms with E-state index in [9.17, 15) is 4.79 Å². The van der Waals surface area contributed by atoms with Gasteiger partial charge in [0.25, 0.3) is 0 Å². The summed E-state index contributed by atoms with van der Waals surface area (Å²) in [6, 6.07) is 0. The summed E-state index contributed by atoms with van der Waals surface area (Å²) in [5, 5.41) is 0. The summed E-state index contributed by atoms with van der Waals surface area (Å²) < 4.78 is 5.65. The molecule has 2 N–H and O–H groups in total. The number of morpholine rings is 1. The number of halogens is 1. The van der Waals surface area contributed by atoms with E-state index in [2.05, 4.69) is 18.7 Å². The van der Waals surface area contributed by atoms with E-state index in [0.717, 1.165) is 6.54 Å². The zero-order valence-corrected chi connectivity index (χ0v) is 14.2. The normalized spacial score (nSPS) is 23.6. The minimum absolute atomic E-state index is 0. The minimum atomic E-state index is 0. The fourth-order valence-electron chi connectivity index (χ4n) is 2.56. The van der Waals surface area contributed by atoms with E-state index in [1.165, 1.54) is 0 Å². The molecular weight excluding hydrogens is 278 g/mol. The van der Waals surface area contributed by atoms with Crippen molar-refractivity contribution < 1.29 is 9.53 Å². The van der Waals surface area contributed by atoms with Crippen molar-refractivity contribution in [1.29, 1.82) is 0 Å². The van der Waals surface area contributed by atoms with Crippen LogP contribution in [-0.4, -0.2) is 67.7 Å².